The summed E-state index contributed by atoms with van der Waals surface area (Å²) in [7, 11) is 0. The van der Waals surface area contributed by atoms with E-state index in [1.165, 1.54) is 6.92 Å². The summed E-state index contributed by atoms with van der Waals surface area (Å²) in [6, 6.07) is 0. The fraction of sp³-hybridized carbons (Fsp3) is 0.900. The number of carboxylic acids is 1. The molecule has 0 aromatic carbocycles. The fourth-order valence-electron chi connectivity index (χ4n) is 1.06. The van der Waals surface area contributed by atoms with Gasteiger partial charge in [-0.25, -0.2) is 0 Å². The van der Waals surface area contributed by atoms with E-state index in [0.717, 1.165) is 6.92 Å². The predicted molar refractivity (Wildman–Crippen MR) is 55.5 cm³/mol. The molecule has 0 saturated heterocycles. The zero-order valence-corrected chi connectivity index (χ0v) is 9.88. The largest absolute Gasteiger partial charge is 0.480 e. The number of aliphatic carboxylic acids is 1. The van der Waals surface area contributed by atoms with Crippen LogP contribution in [0.15, 0.2) is 0 Å². The molecule has 0 rings (SSSR count). The van der Waals surface area contributed by atoms with E-state index in [-0.39, 0.29) is 13.0 Å². The highest BCUT2D eigenvalue weighted by atomic mass is 19.4. The van der Waals surface area contributed by atoms with Crippen molar-refractivity contribution in [2.75, 3.05) is 6.61 Å². The second kappa shape index (κ2) is 6.20. The standard InChI is InChI=1S/C10H18F3NO3/c1-7(10(11,12)13)17-6-4-3-5-9(2,14)8(15)16/h7H,3-6,14H2,1-2H3,(H,15,16). The van der Waals surface area contributed by atoms with Crippen LogP contribution in [-0.2, 0) is 9.53 Å². The zero-order valence-electron chi connectivity index (χ0n) is 9.88. The van der Waals surface area contributed by atoms with Crippen molar-refractivity contribution in [2.24, 2.45) is 5.73 Å². The van der Waals surface area contributed by atoms with Crippen molar-refractivity contribution >= 4 is 5.97 Å². The third-order valence-electron chi connectivity index (χ3n) is 2.41. The number of nitrogens with two attached hydrogens (primary N) is 1. The normalized spacial score (nSPS) is 17.5. The number of hydrogen-bond donors (Lipinski definition) is 2. The first-order valence-electron chi connectivity index (χ1n) is 5.28. The Labute approximate surface area is 97.9 Å². The third kappa shape index (κ3) is 6.48. The number of carbonyl (C=O) groups is 1. The summed E-state index contributed by atoms with van der Waals surface area (Å²) in [5.41, 5.74) is 4.11. The van der Waals surface area contributed by atoms with Gasteiger partial charge < -0.3 is 15.6 Å². The van der Waals surface area contributed by atoms with Gasteiger partial charge in [0.25, 0.3) is 0 Å². The van der Waals surface area contributed by atoms with Gasteiger partial charge in [0, 0.05) is 6.61 Å². The molecule has 102 valence electrons. The Morgan fingerprint density at radius 2 is 1.94 bits per heavy atom. The summed E-state index contributed by atoms with van der Waals surface area (Å²) in [5, 5.41) is 8.69. The monoisotopic (exact) mass is 257 g/mol. The summed E-state index contributed by atoms with van der Waals surface area (Å²) in [6.45, 7) is 2.25. The van der Waals surface area contributed by atoms with Crippen molar-refractivity contribution in [2.45, 2.75) is 50.9 Å². The van der Waals surface area contributed by atoms with Crippen molar-refractivity contribution in [3.8, 4) is 0 Å². The Morgan fingerprint density at radius 1 is 1.41 bits per heavy atom. The number of ether oxygens (including phenoxy) is 1. The molecule has 0 aliphatic rings. The van der Waals surface area contributed by atoms with Gasteiger partial charge in [0.05, 0.1) is 0 Å². The molecule has 17 heavy (non-hydrogen) atoms. The van der Waals surface area contributed by atoms with Crippen LogP contribution in [0.25, 0.3) is 0 Å². The Balaban J connectivity index is 3.71. The molecular formula is C10H18F3NO3. The fourth-order valence-corrected chi connectivity index (χ4v) is 1.06. The van der Waals surface area contributed by atoms with Crippen LogP contribution in [-0.4, -0.2) is 35.5 Å². The minimum absolute atomic E-state index is 0.0592. The van der Waals surface area contributed by atoms with E-state index < -0.39 is 23.8 Å². The molecule has 2 atom stereocenters. The summed E-state index contributed by atoms with van der Waals surface area (Å²) < 4.78 is 40.7. The number of alkyl halides is 3. The van der Waals surface area contributed by atoms with Gasteiger partial charge in [0.1, 0.15) is 5.54 Å². The van der Waals surface area contributed by atoms with Crippen LogP contribution in [0.4, 0.5) is 13.2 Å². The van der Waals surface area contributed by atoms with Crippen molar-refractivity contribution in [3.63, 3.8) is 0 Å². The quantitative estimate of drug-likeness (QED) is 0.683. The molecule has 0 amide bonds. The smallest absolute Gasteiger partial charge is 0.414 e. The molecule has 0 heterocycles. The summed E-state index contributed by atoms with van der Waals surface area (Å²) in [5.74, 6) is -1.12. The molecule has 0 aromatic rings. The molecule has 0 saturated carbocycles. The lowest BCUT2D eigenvalue weighted by Gasteiger charge is -2.19. The highest BCUT2D eigenvalue weighted by Crippen LogP contribution is 2.22. The van der Waals surface area contributed by atoms with Gasteiger partial charge in [0.15, 0.2) is 6.10 Å². The molecule has 0 spiro atoms. The van der Waals surface area contributed by atoms with Crippen molar-refractivity contribution in [3.05, 3.63) is 0 Å². The number of unbranched alkanes of at least 4 members (excludes halogenated alkanes) is 1. The molecule has 0 aliphatic heterocycles. The second-order valence-electron chi connectivity index (χ2n) is 4.23. The number of hydrogen-bond acceptors (Lipinski definition) is 3. The van der Waals surface area contributed by atoms with Gasteiger partial charge >= 0.3 is 12.1 Å². The van der Waals surface area contributed by atoms with Gasteiger partial charge in [-0.3, -0.25) is 4.79 Å². The van der Waals surface area contributed by atoms with Crippen molar-refractivity contribution in [1.82, 2.24) is 0 Å². The van der Waals surface area contributed by atoms with Crippen LogP contribution < -0.4 is 5.73 Å². The summed E-state index contributed by atoms with van der Waals surface area (Å²) >= 11 is 0. The average molecular weight is 257 g/mol. The average Bonchev–Trinajstić information content (AvgIpc) is 2.15. The molecule has 0 aliphatic carbocycles. The van der Waals surface area contributed by atoms with Crippen LogP contribution in [0.3, 0.4) is 0 Å². The minimum Gasteiger partial charge on any atom is -0.480 e. The van der Waals surface area contributed by atoms with Gasteiger partial charge in [-0.05, 0) is 33.1 Å². The highest BCUT2D eigenvalue weighted by molar-refractivity contribution is 5.77. The van der Waals surface area contributed by atoms with Crippen LogP contribution in [0, 0.1) is 0 Å². The minimum atomic E-state index is -4.36. The summed E-state index contributed by atoms with van der Waals surface area (Å²) in [6.07, 6.45) is -5.20. The first kappa shape index (κ1) is 16.2. The molecule has 0 radical (unpaired) electrons. The maximum Gasteiger partial charge on any atom is 0.414 e. The first-order valence-corrected chi connectivity index (χ1v) is 5.28. The SMILES string of the molecule is CC(OCCCCC(C)(N)C(=O)O)C(F)(F)F. The van der Waals surface area contributed by atoms with Crippen LogP contribution in [0.1, 0.15) is 33.1 Å². The third-order valence-corrected chi connectivity index (χ3v) is 2.41. The summed E-state index contributed by atoms with van der Waals surface area (Å²) in [4.78, 5) is 10.6. The second-order valence-corrected chi connectivity index (χ2v) is 4.23. The van der Waals surface area contributed by atoms with E-state index in [4.69, 9.17) is 10.8 Å². The van der Waals surface area contributed by atoms with E-state index >= 15 is 0 Å². The van der Waals surface area contributed by atoms with Crippen LogP contribution >= 0.6 is 0 Å². The molecule has 2 unspecified atom stereocenters. The maximum absolute atomic E-state index is 12.0. The Hall–Kier alpha value is -0.820. The van der Waals surface area contributed by atoms with E-state index in [2.05, 4.69) is 4.74 Å². The van der Waals surface area contributed by atoms with Crippen LogP contribution in [0.2, 0.25) is 0 Å². The van der Waals surface area contributed by atoms with E-state index in [1.54, 1.807) is 0 Å². The zero-order chi connectivity index (χ0) is 13.7. The van der Waals surface area contributed by atoms with Gasteiger partial charge in [-0.1, -0.05) is 0 Å². The number of halogens is 3. The Kier molecular flexibility index (Phi) is 5.91. The molecule has 0 fully saturated rings. The number of carboxylic acid groups (broad SMARTS) is 1. The molecule has 7 heteroatoms. The maximum atomic E-state index is 12.0. The lowest BCUT2D eigenvalue weighted by molar-refractivity contribution is -0.214. The van der Waals surface area contributed by atoms with Gasteiger partial charge in [-0.15, -0.1) is 0 Å². The Bertz CT molecular complexity index is 254. The number of rotatable bonds is 7. The molecule has 0 aromatic heterocycles. The van der Waals surface area contributed by atoms with Gasteiger partial charge in [-0.2, -0.15) is 13.2 Å². The molecule has 4 nitrogen and oxygen atoms in total. The van der Waals surface area contributed by atoms with Gasteiger partial charge in [0.2, 0.25) is 0 Å². The molecule has 3 N–H and O–H groups in total. The Morgan fingerprint density at radius 3 is 2.35 bits per heavy atom. The predicted octanol–water partition coefficient (Wildman–Crippen LogP) is 1.93. The highest BCUT2D eigenvalue weighted by Gasteiger charge is 2.36. The lowest BCUT2D eigenvalue weighted by Crippen LogP contribution is -2.44. The van der Waals surface area contributed by atoms with Crippen molar-refractivity contribution < 1.29 is 27.8 Å². The van der Waals surface area contributed by atoms with Crippen LogP contribution in [0.5, 0.6) is 0 Å². The van der Waals surface area contributed by atoms with E-state index in [9.17, 15) is 18.0 Å². The molecular weight excluding hydrogens is 239 g/mol. The topological polar surface area (TPSA) is 72.5 Å². The lowest BCUT2D eigenvalue weighted by atomic mass is 9.97. The molecule has 0 bridgehead atoms. The van der Waals surface area contributed by atoms with E-state index in [0.29, 0.717) is 12.8 Å². The first-order chi connectivity index (χ1) is 7.57. The van der Waals surface area contributed by atoms with Crippen molar-refractivity contribution in [1.29, 1.82) is 0 Å². The van der Waals surface area contributed by atoms with E-state index in [1.807, 2.05) is 0 Å².